The molecule has 2 aliphatic rings. The summed E-state index contributed by atoms with van der Waals surface area (Å²) in [5.41, 5.74) is -0.558. The number of hydrogen-bond acceptors (Lipinski definition) is 4. The smallest absolute Gasteiger partial charge is 0.328 e. The summed E-state index contributed by atoms with van der Waals surface area (Å²) in [4.78, 5) is 52.8. The largest absolute Gasteiger partial charge is 0.480 e. The number of hydrogen-bond donors (Lipinski definition) is 2. The third-order valence-electron chi connectivity index (χ3n) is 6.12. The van der Waals surface area contributed by atoms with Gasteiger partial charge in [0.25, 0.3) is 5.56 Å². The van der Waals surface area contributed by atoms with Gasteiger partial charge in [0.2, 0.25) is 5.91 Å². The number of aromatic amines is 1. The highest BCUT2D eigenvalue weighted by Crippen LogP contribution is 2.40. The van der Waals surface area contributed by atoms with Crippen molar-refractivity contribution in [3.8, 4) is 0 Å². The van der Waals surface area contributed by atoms with Gasteiger partial charge in [0.15, 0.2) is 0 Å². The molecule has 1 saturated heterocycles. The van der Waals surface area contributed by atoms with Gasteiger partial charge in [-0.25, -0.2) is 9.59 Å². The maximum absolute atomic E-state index is 13.0. The standard InChI is InChI=1S/C20H23N3O5/c24-17(23-14-7-3-1-5-12(14)11-16(23)19(26)27)9-10-22-15-8-4-2-6-13(15)18(25)21-20(22)28/h2,4,6,8,12,14,16H,1,3,5,7,9-11H2,(H,26,27)(H,21,25,28)/t12-,14-,16+/m1/s1. The van der Waals surface area contributed by atoms with Crippen molar-refractivity contribution in [1.29, 1.82) is 0 Å². The lowest BCUT2D eigenvalue weighted by Gasteiger charge is -2.33. The van der Waals surface area contributed by atoms with Crippen LogP contribution in [-0.4, -0.2) is 43.5 Å². The highest BCUT2D eigenvalue weighted by Gasteiger charge is 2.47. The van der Waals surface area contributed by atoms with Crippen LogP contribution >= 0.6 is 0 Å². The number of fused-ring (bicyclic) bond motifs is 2. The third kappa shape index (κ3) is 3.12. The average molecular weight is 385 g/mol. The fraction of sp³-hybridized carbons (Fsp3) is 0.500. The first kappa shape index (κ1) is 18.5. The number of carbonyl (C=O) groups excluding carboxylic acids is 1. The van der Waals surface area contributed by atoms with Gasteiger partial charge in [0.1, 0.15) is 6.04 Å². The Morgan fingerprint density at radius 2 is 1.89 bits per heavy atom. The van der Waals surface area contributed by atoms with Crippen molar-refractivity contribution in [3.63, 3.8) is 0 Å². The van der Waals surface area contributed by atoms with Gasteiger partial charge in [0, 0.05) is 19.0 Å². The number of carboxylic acids is 1. The Morgan fingerprint density at radius 1 is 1.14 bits per heavy atom. The fourth-order valence-corrected chi connectivity index (χ4v) is 4.84. The molecule has 2 aromatic rings. The second kappa shape index (κ2) is 7.26. The summed E-state index contributed by atoms with van der Waals surface area (Å²) in [6, 6.07) is 5.93. The van der Waals surface area contributed by atoms with Crippen molar-refractivity contribution in [1.82, 2.24) is 14.5 Å². The van der Waals surface area contributed by atoms with E-state index < -0.39 is 23.3 Å². The van der Waals surface area contributed by atoms with E-state index in [9.17, 15) is 24.3 Å². The summed E-state index contributed by atoms with van der Waals surface area (Å²) in [5.74, 6) is -0.964. The first-order valence-corrected chi connectivity index (χ1v) is 9.73. The van der Waals surface area contributed by atoms with Crippen molar-refractivity contribution in [2.24, 2.45) is 5.92 Å². The van der Waals surface area contributed by atoms with Crippen LogP contribution in [0.3, 0.4) is 0 Å². The monoisotopic (exact) mass is 385 g/mol. The molecule has 0 bridgehead atoms. The maximum atomic E-state index is 13.0. The van der Waals surface area contributed by atoms with Gasteiger partial charge in [-0.2, -0.15) is 0 Å². The average Bonchev–Trinajstić information content (AvgIpc) is 3.07. The molecule has 1 saturated carbocycles. The van der Waals surface area contributed by atoms with Crippen molar-refractivity contribution >= 4 is 22.8 Å². The first-order chi connectivity index (χ1) is 13.5. The minimum atomic E-state index is -0.964. The van der Waals surface area contributed by atoms with Crippen LogP contribution < -0.4 is 11.2 Å². The zero-order valence-corrected chi connectivity index (χ0v) is 15.5. The molecular formula is C20H23N3O5. The van der Waals surface area contributed by atoms with Crippen molar-refractivity contribution in [2.45, 2.75) is 57.2 Å². The molecule has 2 N–H and O–H groups in total. The molecule has 3 atom stereocenters. The van der Waals surface area contributed by atoms with Crippen LogP contribution in [0.4, 0.5) is 0 Å². The second-order valence-corrected chi connectivity index (χ2v) is 7.68. The van der Waals surface area contributed by atoms with Crippen LogP contribution in [0, 0.1) is 5.92 Å². The van der Waals surface area contributed by atoms with E-state index in [1.807, 2.05) is 0 Å². The zero-order valence-electron chi connectivity index (χ0n) is 15.5. The molecule has 0 radical (unpaired) electrons. The molecule has 8 nitrogen and oxygen atoms in total. The number of nitrogens with zero attached hydrogens (tertiary/aromatic N) is 2. The van der Waals surface area contributed by atoms with E-state index >= 15 is 0 Å². The molecule has 1 aliphatic heterocycles. The summed E-state index contributed by atoms with van der Waals surface area (Å²) in [7, 11) is 0. The van der Waals surface area contributed by atoms with Crippen molar-refractivity contribution in [3.05, 3.63) is 45.1 Å². The van der Waals surface area contributed by atoms with Gasteiger partial charge in [0.05, 0.1) is 10.9 Å². The first-order valence-electron chi connectivity index (χ1n) is 9.73. The number of amides is 1. The molecule has 8 heteroatoms. The number of nitrogens with one attached hydrogen (secondary N) is 1. The number of para-hydroxylation sites is 1. The highest BCUT2D eigenvalue weighted by molar-refractivity contribution is 5.85. The molecular weight excluding hydrogens is 362 g/mol. The van der Waals surface area contributed by atoms with Gasteiger partial charge in [-0.1, -0.05) is 25.0 Å². The SMILES string of the molecule is O=C(O)[C@@H]1C[C@H]2CCCC[C@H]2N1C(=O)CCn1c(=O)[nH]c(=O)c2ccccc21. The molecule has 1 aromatic heterocycles. The number of rotatable bonds is 4. The molecule has 1 amide bonds. The number of benzene rings is 1. The maximum Gasteiger partial charge on any atom is 0.328 e. The molecule has 1 aliphatic carbocycles. The Bertz CT molecular complexity index is 1040. The molecule has 148 valence electrons. The Balaban J connectivity index is 1.59. The van der Waals surface area contributed by atoms with Gasteiger partial charge < -0.3 is 10.0 Å². The number of carbonyl (C=O) groups is 2. The number of H-pyrrole nitrogens is 1. The zero-order chi connectivity index (χ0) is 19.8. The van der Waals surface area contributed by atoms with Gasteiger partial charge in [-0.15, -0.1) is 0 Å². The Kier molecular flexibility index (Phi) is 4.78. The summed E-state index contributed by atoms with van der Waals surface area (Å²) in [6.07, 6.45) is 4.40. The molecule has 0 spiro atoms. The van der Waals surface area contributed by atoms with Crippen LogP contribution in [0.25, 0.3) is 10.9 Å². The van der Waals surface area contributed by atoms with Gasteiger partial charge in [-0.05, 0) is 37.3 Å². The molecule has 1 aromatic carbocycles. The number of likely N-dealkylation sites (tertiary alicyclic amines) is 1. The van der Waals surface area contributed by atoms with Crippen LogP contribution in [0.15, 0.2) is 33.9 Å². The van der Waals surface area contributed by atoms with E-state index in [4.69, 9.17) is 0 Å². The van der Waals surface area contributed by atoms with E-state index in [0.717, 1.165) is 25.7 Å². The number of aryl methyl sites for hydroxylation is 1. The summed E-state index contributed by atoms with van der Waals surface area (Å²) in [6.45, 7) is 0.0924. The van der Waals surface area contributed by atoms with Crippen LogP contribution in [0.5, 0.6) is 0 Å². The van der Waals surface area contributed by atoms with Crippen molar-refractivity contribution in [2.75, 3.05) is 0 Å². The Labute approximate surface area is 160 Å². The van der Waals surface area contributed by atoms with E-state index in [1.54, 1.807) is 29.2 Å². The van der Waals surface area contributed by atoms with Crippen LogP contribution in [0.2, 0.25) is 0 Å². The second-order valence-electron chi connectivity index (χ2n) is 7.68. The molecule has 2 heterocycles. The molecule has 4 rings (SSSR count). The minimum absolute atomic E-state index is 0.0168. The van der Waals surface area contributed by atoms with E-state index in [0.29, 0.717) is 17.3 Å². The molecule has 0 unspecified atom stereocenters. The lowest BCUT2D eigenvalue weighted by molar-refractivity contribution is -0.150. The predicted molar refractivity (Wildman–Crippen MR) is 102 cm³/mol. The summed E-state index contributed by atoms with van der Waals surface area (Å²) in [5, 5.41) is 9.97. The molecule has 28 heavy (non-hydrogen) atoms. The topological polar surface area (TPSA) is 112 Å². The lowest BCUT2D eigenvalue weighted by Crippen LogP contribution is -2.46. The highest BCUT2D eigenvalue weighted by atomic mass is 16.4. The van der Waals surface area contributed by atoms with E-state index in [-0.39, 0.29) is 30.8 Å². The summed E-state index contributed by atoms with van der Waals surface area (Å²) >= 11 is 0. The van der Waals surface area contributed by atoms with E-state index in [1.165, 1.54) is 4.57 Å². The fourth-order valence-electron chi connectivity index (χ4n) is 4.84. The number of aromatic nitrogens is 2. The van der Waals surface area contributed by atoms with Crippen LogP contribution in [-0.2, 0) is 16.1 Å². The normalized spacial score (nSPS) is 24.3. The Hall–Kier alpha value is -2.90. The quantitative estimate of drug-likeness (QED) is 0.824. The van der Waals surface area contributed by atoms with Gasteiger partial charge in [-0.3, -0.25) is 19.1 Å². The van der Waals surface area contributed by atoms with Crippen molar-refractivity contribution < 1.29 is 14.7 Å². The number of aliphatic carboxylic acids is 1. The van der Waals surface area contributed by atoms with E-state index in [2.05, 4.69) is 4.98 Å². The Morgan fingerprint density at radius 3 is 2.68 bits per heavy atom. The lowest BCUT2D eigenvalue weighted by atomic mass is 9.84. The van der Waals surface area contributed by atoms with Gasteiger partial charge >= 0.3 is 11.7 Å². The minimum Gasteiger partial charge on any atom is -0.480 e. The third-order valence-corrected chi connectivity index (χ3v) is 6.12. The number of carboxylic acid groups (broad SMARTS) is 1. The van der Waals surface area contributed by atoms with Crippen LogP contribution in [0.1, 0.15) is 38.5 Å². The summed E-state index contributed by atoms with van der Waals surface area (Å²) < 4.78 is 1.37. The predicted octanol–water partition coefficient (Wildman–Crippen LogP) is 1.32. The molecule has 2 fully saturated rings.